The Hall–Kier alpha value is -2.73. The zero-order valence-corrected chi connectivity index (χ0v) is 18.7. The van der Waals surface area contributed by atoms with Crippen LogP contribution in [0, 0.1) is 11.8 Å². The van der Waals surface area contributed by atoms with Crippen molar-refractivity contribution in [2.45, 2.75) is 52.8 Å². The third-order valence-corrected chi connectivity index (χ3v) is 5.25. The highest BCUT2D eigenvalue weighted by molar-refractivity contribution is 5.77. The Bertz CT molecular complexity index is 1100. The van der Waals surface area contributed by atoms with Gasteiger partial charge in [-0.05, 0) is 55.5 Å². The van der Waals surface area contributed by atoms with E-state index in [0.717, 1.165) is 11.1 Å². The van der Waals surface area contributed by atoms with E-state index in [0.29, 0.717) is 29.9 Å². The molecule has 1 aliphatic carbocycles. The summed E-state index contributed by atoms with van der Waals surface area (Å²) in [7, 11) is 0. The SMILES string of the molecule is C=CC1=CC(C)(F)CC=C1Oc1cc2ccc(C[C@H](C)CO)nc2n(CC(C)C)c1=O. The molecule has 3 rings (SSSR count). The van der Waals surface area contributed by atoms with Crippen molar-refractivity contribution in [2.75, 3.05) is 6.61 Å². The summed E-state index contributed by atoms with van der Waals surface area (Å²) in [6.07, 6.45) is 5.46. The Morgan fingerprint density at radius 2 is 2.13 bits per heavy atom. The van der Waals surface area contributed by atoms with Crippen molar-refractivity contribution in [2.24, 2.45) is 11.8 Å². The van der Waals surface area contributed by atoms with E-state index in [-0.39, 0.29) is 36.2 Å². The van der Waals surface area contributed by atoms with Crippen molar-refractivity contribution in [1.82, 2.24) is 9.55 Å². The fourth-order valence-corrected chi connectivity index (χ4v) is 3.65. The Morgan fingerprint density at radius 1 is 1.39 bits per heavy atom. The summed E-state index contributed by atoms with van der Waals surface area (Å²) >= 11 is 0. The van der Waals surface area contributed by atoms with Gasteiger partial charge in [0.2, 0.25) is 0 Å². The molecule has 0 radical (unpaired) electrons. The van der Waals surface area contributed by atoms with Gasteiger partial charge in [0, 0.05) is 36.2 Å². The van der Waals surface area contributed by atoms with Crippen molar-refractivity contribution in [1.29, 1.82) is 0 Å². The van der Waals surface area contributed by atoms with Crippen LogP contribution in [0.5, 0.6) is 5.75 Å². The Kier molecular flexibility index (Phi) is 6.80. The molecule has 0 saturated heterocycles. The first-order chi connectivity index (χ1) is 14.6. The molecule has 31 heavy (non-hydrogen) atoms. The van der Waals surface area contributed by atoms with E-state index >= 15 is 0 Å². The van der Waals surface area contributed by atoms with Crippen LogP contribution in [-0.2, 0) is 13.0 Å². The smallest absolute Gasteiger partial charge is 0.295 e. The maximum Gasteiger partial charge on any atom is 0.295 e. The predicted molar refractivity (Wildman–Crippen MR) is 122 cm³/mol. The van der Waals surface area contributed by atoms with Gasteiger partial charge in [0.05, 0.1) is 0 Å². The molecule has 0 aromatic carbocycles. The number of pyridine rings is 2. The molecule has 1 N–H and O–H groups in total. The van der Waals surface area contributed by atoms with Crippen molar-refractivity contribution < 1.29 is 14.2 Å². The van der Waals surface area contributed by atoms with Crippen LogP contribution in [0.4, 0.5) is 4.39 Å². The van der Waals surface area contributed by atoms with Gasteiger partial charge in [-0.25, -0.2) is 9.37 Å². The van der Waals surface area contributed by atoms with Gasteiger partial charge < -0.3 is 9.84 Å². The lowest BCUT2D eigenvalue weighted by molar-refractivity contribution is 0.236. The second kappa shape index (κ2) is 9.18. The third-order valence-electron chi connectivity index (χ3n) is 5.25. The number of hydrogen-bond acceptors (Lipinski definition) is 4. The number of nitrogens with zero attached hydrogens (tertiary/aromatic N) is 2. The van der Waals surface area contributed by atoms with Crippen molar-refractivity contribution in [3.8, 4) is 5.75 Å². The van der Waals surface area contributed by atoms with Crippen LogP contribution >= 0.6 is 0 Å². The fraction of sp³-hybridized carbons (Fsp3) is 0.440. The summed E-state index contributed by atoms with van der Waals surface area (Å²) < 4.78 is 22.0. The molecule has 2 atom stereocenters. The topological polar surface area (TPSA) is 64.3 Å². The maximum atomic E-state index is 14.4. The molecule has 1 unspecified atom stereocenters. The predicted octanol–water partition coefficient (Wildman–Crippen LogP) is 4.73. The largest absolute Gasteiger partial charge is 0.451 e. The molecule has 166 valence electrons. The maximum absolute atomic E-state index is 14.4. The monoisotopic (exact) mass is 426 g/mol. The molecule has 2 heterocycles. The number of hydrogen-bond donors (Lipinski definition) is 1. The lowest BCUT2D eigenvalue weighted by atomic mass is 9.94. The summed E-state index contributed by atoms with van der Waals surface area (Å²) in [6, 6.07) is 5.51. The number of fused-ring (bicyclic) bond motifs is 1. The highest BCUT2D eigenvalue weighted by atomic mass is 19.1. The fourth-order valence-electron chi connectivity index (χ4n) is 3.65. The zero-order valence-electron chi connectivity index (χ0n) is 18.7. The second-order valence-corrected chi connectivity index (χ2v) is 8.98. The highest BCUT2D eigenvalue weighted by Gasteiger charge is 2.26. The number of ether oxygens (including phenoxy) is 1. The van der Waals surface area contributed by atoms with E-state index in [1.165, 1.54) is 19.1 Å². The van der Waals surface area contributed by atoms with Gasteiger partial charge in [-0.15, -0.1) is 0 Å². The number of alkyl halides is 1. The highest BCUT2D eigenvalue weighted by Crippen LogP contribution is 2.31. The van der Waals surface area contributed by atoms with Gasteiger partial charge in [-0.2, -0.15) is 0 Å². The summed E-state index contributed by atoms with van der Waals surface area (Å²) in [5, 5.41) is 10.1. The van der Waals surface area contributed by atoms with Gasteiger partial charge in [-0.1, -0.05) is 33.4 Å². The van der Waals surface area contributed by atoms with Crippen LogP contribution in [0.3, 0.4) is 0 Å². The lowest BCUT2D eigenvalue weighted by Crippen LogP contribution is -2.26. The Labute approximate surface area is 182 Å². The number of rotatable bonds is 8. The van der Waals surface area contributed by atoms with Crippen LogP contribution in [0.25, 0.3) is 11.0 Å². The van der Waals surface area contributed by atoms with Crippen LogP contribution in [0.15, 0.2) is 59.1 Å². The van der Waals surface area contributed by atoms with E-state index in [2.05, 4.69) is 6.58 Å². The molecule has 0 spiro atoms. The van der Waals surface area contributed by atoms with E-state index < -0.39 is 5.67 Å². The molecule has 6 heteroatoms. The Morgan fingerprint density at radius 3 is 2.77 bits per heavy atom. The molecule has 0 bridgehead atoms. The Balaban J connectivity index is 2.07. The standard InChI is InChI=1S/C25H31FN2O3/c1-6-18-13-25(5,26)10-9-21(18)31-22-12-19-7-8-20(11-17(4)15-29)27-23(19)28(24(22)30)14-16(2)3/h6-9,12-13,16-17,29H,1,10-11,14-15H2,2-5H3/t17-,25?/m0/s1. The average Bonchev–Trinajstić information content (AvgIpc) is 2.71. The number of halogens is 1. The number of aromatic nitrogens is 2. The first kappa shape index (κ1) is 22.9. The molecule has 1 aliphatic rings. The summed E-state index contributed by atoms with van der Waals surface area (Å²) in [6.45, 7) is 11.8. The normalized spacial score (nSPS) is 19.8. The number of aliphatic hydroxyl groups excluding tert-OH is 1. The van der Waals surface area contributed by atoms with Crippen LogP contribution < -0.4 is 10.3 Å². The summed E-state index contributed by atoms with van der Waals surface area (Å²) in [5.41, 5.74) is 0.205. The number of aliphatic hydroxyl groups is 1. The van der Waals surface area contributed by atoms with Crippen molar-refractivity contribution >= 4 is 11.0 Å². The lowest BCUT2D eigenvalue weighted by Gasteiger charge is -2.23. The molecule has 0 amide bonds. The summed E-state index contributed by atoms with van der Waals surface area (Å²) in [5.74, 6) is 0.913. The van der Waals surface area contributed by atoms with Gasteiger partial charge in [0.15, 0.2) is 5.75 Å². The molecule has 0 fully saturated rings. The molecule has 0 saturated carbocycles. The molecular weight excluding hydrogens is 395 g/mol. The average molecular weight is 427 g/mol. The third kappa shape index (κ3) is 5.31. The van der Waals surface area contributed by atoms with E-state index in [4.69, 9.17) is 9.72 Å². The molecular formula is C25H31FN2O3. The minimum atomic E-state index is -1.47. The summed E-state index contributed by atoms with van der Waals surface area (Å²) in [4.78, 5) is 18.0. The first-order valence-corrected chi connectivity index (χ1v) is 10.7. The van der Waals surface area contributed by atoms with Gasteiger partial charge >= 0.3 is 0 Å². The minimum Gasteiger partial charge on any atom is -0.451 e. The first-order valence-electron chi connectivity index (χ1n) is 10.7. The van der Waals surface area contributed by atoms with E-state index in [9.17, 15) is 14.3 Å². The van der Waals surface area contributed by atoms with Crippen LogP contribution in [-0.4, -0.2) is 26.9 Å². The second-order valence-electron chi connectivity index (χ2n) is 8.98. The van der Waals surface area contributed by atoms with Crippen molar-refractivity contribution in [3.63, 3.8) is 0 Å². The van der Waals surface area contributed by atoms with E-state index in [1.54, 1.807) is 16.7 Å². The molecule has 5 nitrogen and oxygen atoms in total. The zero-order chi connectivity index (χ0) is 22.8. The van der Waals surface area contributed by atoms with Crippen LogP contribution in [0.1, 0.15) is 39.8 Å². The molecule has 0 aliphatic heterocycles. The quantitative estimate of drug-likeness (QED) is 0.663. The molecule has 2 aromatic heterocycles. The van der Waals surface area contributed by atoms with Crippen LogP contribution in [0.2, 0.25) is 0 Å². The minimum absolute atomic E-state index is 0.0808. The van der Waals surface area contributed by atoms with Crippen molar-refractivity contribution in [3.05, 3.63) is 70.4 Å². The number of allylic oxidation sites excluding steroid dienone is 3. The van der Waals surface area contributed by atoms with E-state index in [1.807, 2.05) is 32.9 Å². The van der Waals surface area contributed by atoms with Gasteiger partial charge in [0.1, 0.15) is 17.1 Å². The molecule has 2 aromatic rings. The van der Waals surface area contributed by atoms with Gasteiger partial charge in [0.25, 0.3) is 5.56 Å². The van der Waals surface area contributed by atoms with Gasteiger partial charge in [-0.3, -0.25) is 9.36 Å².